The molecular weight excluding hydrogens is 367 g/mol. The van der Waals surface area contributed by atoms with Crippen molar-refractivity contribution >= 4 is 45.6 Å². The van der Waals surface area contributed by atoms with E-state index in [9.17, 15) is 4.79 Å². The zero-order valence-electron chi connectivity index (χ0n) is 12.3. The van der Waals surface area contributed by atoms with Crippen LogP contribution < -0.4 is 10.1 Å². The Morgan fingerprint density at radius 1 is 1.08 bits per heavy atom. The summed E-state index contributed by atoms with van der Waals surface area (Å²) in [6.07, 6.45) is 0. The number of hydrogen-bond donors (Lipinski definition) is 1. The molecule has 0 aliphatic heterocycles. The van der Waals surface area contributed by atoms with Crippen LogP contribution in [0.25, 0.3) is 11.3 Å². The average molecular weight is 379 g/mol. The molecule has 4 nitrogen and oxygen atoms in total. The van der Waals surface area contributed by atoms with Crippen LogP contribution in [0.2, 0.25) is 10.0 Å². The number of nitrogens with one attached hydrogen (secondary N) is 1. The fraction of sp³-hybridized carbons (Fsp3) is 0.0588. The monoisotopic (exact) mass is 378 g/mol. The van der Waals surface area contributed by atoms with E-state index in [2.05, 4.69) is 10.3 Å². The lowest BCUT2D eigenvalue weighted by molar-refractivity contribution is -0.118. The van der Waals surface area contributed by atoms with Gasteiger partial charge in [-0.05, 0) is 18.2 Å². The van der Waals surface area contributed by atoms with Crippen molar-refractivity contribution in [3.05, 3.63) is 64.0 Å². The fourth-order valence-electron chi connectivity index (χ4n) is 1.98. The Balaban J connectivity index is 1.62. The number of anilines is 1. The van der Waals surface area contributed by atoms with Crippen LogP contribution in [0.3, 0.4) is 0 Å². The molecule has 0 saturated heterocycles. The molecular formula is C17H12Cl2N2O2S. The zero-order valence-corrected chi connectivity index (χ0v) is 14.7. The molecule has 3 rings (SSSR count). The molecule has 1 N–H and O–H groups in total. The number of ether oxygens (including phenoxy) is 1. The van der Waals surface area contributed by atoms with Gasteiger partial charge >= 0.3 is 0 Å². The van der Waals surface area contributed by atoms with Gasteiger partial charge in [0.25, 0.3) is 5.91 Å². The summed E-state index contributed by atoms with van der Waals surface area (Å²) in [6, 6.07) is 14.4. The Labute approximate surface area is 153 Å². The van der Waals surface area contributed by atoms with Gasteiger partial charge in [0.2, 0.25) is 0 Å². The van der Waals surface area contributed by atoms with Crippen molar-refractivity contribution < 1.29 is 9.53 Å². The Morgan fingerprint density at radius 2 is 1.79 bits per heavy atom. The maximum Gasteiger partial charge on any atom is 0.264 e. The molecule has 2 aromatic carbocycles. The number of hydrogen-bond acceptors (Lipinski definition) is 4. The number of carbonyl (C=O) groups is 1. The molecule has 1 amide bonds. The second-order valence-corrected chi connectivity index (χ2v) is 6.46. The molecule has 0 aliphatic rings. The topological polar surface area (TPSA) is 51.2 Å². The van der Waals surface area contributed by atoms with Crippen molar-refractivity contribution in [2.45, 2.75) is 0 Å². The largest absolute Gasteiger partial charge is 0.482 e. The van der Waals surface area contributed by atoms with E-state index in [-0.39, 0.29) is 12.5 Å². The van der Waals surface area contributed by atoms with Gasteiger partial charge < -0.3 is 4.74 Å². The lowest BCUT2D eigenvalue weighted by Gasteiger charge is -2.07. The molecule has 0 spiro atoms. The molecule has 0 atom stereocenters. The third-order valence-electron chi connectivity index (χ3n) is 3.10. The molecule has 0 saturated carbocycles. The summed E-state index contributed by atoms with van der Waals surface area (Å²) >= 11 is 13.4. The summed E-state index contributed by atoms with van der Waals surface area (Å²) < 4.78 is 5.39. The molecule has 0 fully saturated rings. The first kappa shape index (κ1) is 16.8. The smallest absolute Gasteiger partial charge is 0.264 e. The normalized spacial score (nSPS) is 10.4. The Bertz CT molecular complexity index is 867. The molecule has 7 heteroatoms. The van der Waals surface area contributed by atoms with E-state index in [1.54, 1.807) is 30.3 Å². The lowest BCUT2D eigenvalue weighted by Crippen LogP contribution is -2.20. The van der Waals surface area contributed by atoms with Gasteiger partial charge in [-0.2, -0.15) is 0 Å². The van der Waals surface area contributed by atoms with Crippen molar-refractivity contribution in [1.29, 1.82) is 0 Å². The summed E-state index contributed by atoms with van der Waals surface area (Å²) in [5.41, 5.74) is 1.54. The van der Waals surface area contributed by atoms with Crippen LogP contribution in [-0.2, 0) is 4.79 Å². The lowest BCUT2D eigenvalue weighted by atomic mass is 10.2. The molecule has 122 valence electrons. The fourth-order valence-corrected chi connectivity index (χ4v) is 3.13. The first-order valence-corrected chi connectivity index (χ1v) is 8.64. The van der Waals surface area contributed by atoms with Crippen LogP contribution in [0.4, 0.5) is 5.13 Å². The maximum absolute atomic E-state index is 12.0. The SMILES string of the molecule is O=C(COc1ccccc1Cl)Nc1nc(-c2ccccc2Cl)cs1. The summed E-state index contributed by atoms with van der Waals surface area (Å²) in [4.78, 5) is 16.3. The number of rotatable bonds is 5. The zero-order chi connectivity index (χ0) is 16.9. The summed E-state index contributed by atoms with van der Waals surface area (Å²) in [5.74, 6) is 0.153. The van der Waals surface area contributed by atoms with Crippen LogP contribution in [-0.4, -0.2) is 17.5 Å². The summed E-state index contributed by atoms with van der Waals surface area (Å²) in [5, 5.41) is 6.09. The molecule has 0 aliphatic carbocycles. The van der Waals surface area contributed by atoms with Crippen LogP contribution in [0, 0.1) is 0 Å². The van der Waals surface area contributed by atoms with Gasteiger partial charge in [0.1, 0.15) is 5.75 Å². The minimum absolute atomic E-state index is 0.148. The highest BCUT2D eigenvalue weighted by Crippen LogP contribution is 2.30. The minimum Gasteiger partial charge on any atom is -0.482 e. The maximum atomic E-state index is 12.0. The van der Waals surface area contributed by atoms with Gasteiger partial charge in [0.15, 0.2) is 11.7 Å². The number of benzene rings is 2. The van der Waals surface area contributed by atoms with E-state index in [0.717, 1.165) is 5.56 Å². The summed E-state index contributed by atoms with van der Waals surface area (Å²) in [6.45, 7) is -0.148. The number of nitrogens with zero attached hydrogens (tertiary/aromatic N) is 1. The molecule has 0 radical (unpaired) electrons. The first-order valence-electron chi connectivity index (χ1n) is 7.01. The van der Waals surface area contributed by atoms with E-state index in [4.69, 9.17) is 27.9 Å². The van der Waals surface area contributed by atoms with E-state index >= 15 is 0 Å². The van der Waals surface area contributed by atoms with Crippen LogP contribution in [0.5, 0.6) is 5.75 Å². The van der Waals surface area contributed by atoms with Gasteiger partial charge in [-0.3, -0.25) is 10.1 Å². The number of halogens is 2. The third kappa shape index (κ3) is 4.06. The Morgan fingerprint density at radius 3 is 2.54 bits per heavy atom. The van der Waals surface area contributed by atoms with Gasteiger partial charge in [-0.15, -0.1) is 11.3 Å². The highest BCUT2D eigenvalue weighted by atomic mass is 35.5. The van der Waals surface area contributed by atoms with Crippen LogP contribution >= 0.6 is 34.5 Å². The van der Waals surface area contributed by atoms with Crippen molar-refractivity contribution in [2.75, 3.05) is 11.9 Å². The molecule has 24 heavy (non-hydrogen) atoms. The van der Waals surface area contributed by atoms with Crippen molar-refractivity contribution in [1.82, 2.24) is 4.98 Å². The predicted octanol–water partition coefficient (Wildman–Crippen LogP) is 5.13. The van der Waals surface area contributed by atoms with Crippen LogP contribution in [0.1, 0.15) is 0 Å². The van der Waals surface area contributed by atoms with Crippen LogP contribution in [0.15, 0.2) is 53.9 Å². The highest BCUT2D eigenvalue weighted by molar-refractivity contribution is 7.14. The van der Waals surface area contributed by atoms with Gasteiger partial charge in [0, 0.05) is 16.0 Å². The quantitative estimate of drug-likeness (QED) is 0.668. The van der Waals surface area contributed by atoms with E-state index < -0.39 is 0 Å². The second-order valence-electron chi connectivity index (χ2n) is 4.79. The standard InChI is InChI=1S/C17H12Cl2N2O2S/c18-12-6-2-1-5-11(12)14-10-24-17(20-14)21-16(22)9-23-15-8-4-3-7-13(15)19/h1-8,10H,9H2,(H,20,21,22). The predicted molar refractivity (Wildman–Crippen MR) is 98.1 cm³/mol. The summed E-state index contributed by atoms with van der Waals surface area (Å²) in [7, 11) is 0. The van der Waals surface area contributed by atoms with Crippen molar-refractivity contribution in [3.63, 3.8) is 0 Å². The van der Waals surface area contributed by atoms with Crippen molar-refractivity contribution in [3.8, 4) is 17.0 Å². The number of thiazole rings is 1. The Hall–Kier alpha value is -2.08. The van der Waals surface area contributed by atoms with E-state index in [1.807, 2.05) is 23.6 Å². The van der Waals surface area contributed by atoms with E-state index in [0.29, 0.717) is 26.6 Å². The molecule has 0 bridgehead atoms. The van der Waals surface area contributed by atoms with Gasteiger partial charge in [-0.25, -0.2) is 4.98 Å². The highest BCUT2D eigenvalue weighted by Gasteiger charge is 2.11. The van der Waals surface area contributed by atoms with Crippen molar-refractivity contribution in [2.24, 2.45) is 0 Å². The Kier molecular flexibility index (Phi) is 5.35. The average Bonchev–Trinajstić information content (AvgIpc) is 3.03. The van der Waals surface area contributed by atoms with Gasteiger partial charge in [0.05, 0.1) is 10.7 Å². The molecule has 0 unspecified atom stereocenters. The number of amides is 1. The molecule has 1 heterocycles. The number of para-hydroxylation sites is 1. The molecule has 1 aromatic heterocycles. The number of aromatic nitrogens is 1. The van der Waals surface area contributed by atoms with Gasteiger partial charge in [-0.1, -0.05) is 53.5 Å². The first-order chi connectivity index (χ1) is 11.6. The van der Waals surface area contributed by atoms with E-state index in [1.165, 1.54) is 11.3 Å². The number of carbonyl (C=O) groups excluding carboxylic acids is 1. The third-order valence-corrected chi connectivity index (χ3v) is 4.50. The molecule has 3 aromatic rings. The minimum atomic E-state index is -0.310. The second kappa shape index (κ2) is 7.66.